The minimum atomic E-state index is -0.361. The summed E-state index contributed by atoms with van der Waals surface area (Å²) in [6.45, 7) is 2.58. The molecule has 0 fully saturated rings. The van der Waals surface area contributed by atoms with Crippen LogP contribution in [0.4, 0.5) is 10.6 Å². The van der Waals surface area contributed by atoms with Gasteiger partial charge >= 0.3 is 6.03 Å². The summed E-state index contributed by atoms with van der Waals surface area (Å²) >= 11 is 6.06. The Bertz CT molecular complexity index is 621. The van der Waals surface area contributed by atoms with Crippen molar-refractivity contribution in [3.63, 3.8) is 0 Å². The fourth-order valence-corrected chi connectivity index (χ4v) is 1.78. The van der Waals surface area contributed by atoms with Gasteiger partial charge in [-0.3, -0.25) is 5.32 Å². The predicted octanol–water partition coefficient (Wildman–Crippen LogP) is 2.85. The highest BCUT2D eigenvalue weighted by atomic mass is 35.5. The van der Waals surface area contributed by atoms with Crippen molar-refractivity contribution in [2.24, 2.45) is 0 Å². The van der Waals surface area contributed by atoms with Crippen LogP contribution in [0.1, 0.15) is 12.5 Å². The summed E-state index contributed by atoms with van der Waals surface area (Å²) in [5, 5.41) is 5.80. The zero-order valence-corrected chi connectivity index (χ0v) is 12.2. The molecular weight excluding hydrogens is 292 g/mol. The number of nitrogens with one attached hydrogen (secondary N) is 2. The van der Waals surface area contributed by atoms with Gasteiger partial charge in [-0.25, -0.2) is 14.8 Å². The summed E-state index contributed by atoms with van der Waals surface area (Å²) in [7, 11) is 0. The van der Waals surface area contributed by atoms with Gasteiger partial charge in [0.1, 0.15) is 6.61 Å². The van der Waals surface area contributed by atoms with Gasteiger partial charge in [-0.05, 0) is 13.0 Å². The molecule has 1 aromatic heterocycles. The van der Waals surface area contributed by atoms with E-state index in [9.17, 15) is 4.79 Å². The van der Waals surface area contributed by atoms with E-state index in [2.05, 4.69) is 20.6 Å². The molecule has 21 heavy (non-hydrogen) atoms. The molecule has 6 nitrogen and oxygen atoms in total. The molecule has 0 atom stereocenters. The van der Waals surface area contributed by atoms with Crippen molar-refractivity contribution in [3.8, 4) is 5.88 Å². The minimum Gasteiger partial charge on any atom is -0.470 e. The van der Waals surface area contributed by atoms with Gasteiger partial charge in [-0.2, -0.15) is 0 Å². The van der Waals surface area contributed by atoms with E-state index in [1.165, 1.54) is 12.4 Å². The van der Waals surface area contributed by atoms with E-state index < -0.39 is 0 Å². The van der Waals surface area contributed by atoms with Crippen LogP contribution in [0.3, 0.4) is 0 Å². The lowest BCUT2D eigenvalue weighted by atomic mass is 10.2. The van der Waals surface area contributed by atoms with E-state index >= 15 is 0 Å². The average molecular weight is 307 g/mol. The van der Waals surface area contributed by atoms with Crippen molar-refractivity contribution < 1.29 is 9.53 Å². The zero-order chi connectivity index (χ0) is 15.1. The Morgan fingerprint density at radius 1 is 1.29 bits per heavy atom. The number of ether oxygens (including phenoxy) is 1. The van der Waals surface area contributed by atoms with Crippen LogP contribution < -0.4 is 15.4 Å². The molecule has 0 saturated heterocycles. The number of carbonyl (C=O) groups excluding carboxylic acids is 1. The van der Waals surface area contributed by atoms with Crippen LogP contribution in [-0.2, 0) is 6.61 Å². The van der Waals surface area contributed by atoms with Crippen LogP contribution in [0.2, 0.25) is 5.02 Å². The Kier molecular flexibility index (Phi) is 5.34. The maximum Gasteiger partial charge on any atom is 0.320 e. The number of carbonyl (C=O) groups is 1. The highest BCUT2D eigenvalue weighted by Crippen LogP contribution is 2.21. The summed E-state index contributed by atoms with van der Waals surface area (Å²) in [6, 6.07) is 6.99. The lowest BCUT2D eigenvalue weighted by molar-refractivity contribution is 0.252. The third kappa shape index (κ3) is 4.32. The third-order valence-electron chi connectivity index (χ3n) is 2.56. The normalized spacial score (nSPS) is 10.0. The summed E-state index contributed by atoms with van der Waals surface area (Å²) in [4.78, 5) is 19.6. The quantitative estimate of drug-likeness (QED) is 0.890. The van der Waals surface area contributed by atoms with Crippen molar-refractivity contribution >= 4 is 23.4 Å². The van der Waals surface area contributed by atoms with Crippen LogP contribution in [0.25, 0.3) is 0 Å². The molecule has 0 aliphatic rings. The molecule has 2 aromatic rings. The summed E-state index contributed by atoms with van der Waals surface area (Å²) in [5.41, 5.74) is 0.828. The van der Waals surface area contributed by atoms with E-state index in [0.717, 1.165) is 5.56 Å². The van der Waals surface area contributed by atoms with Gasteiger partial charge in [0.15, 0.2) is 5.82 Å². The Morgan fingerprint density at radius 3 is 2.81 bits per heavy atom. The Morgan fingerprint density at radius 2 is 2.05 bits per heavy atom. The fourth-order valence-electron chi connectivity index (χ4n) is 1.59. The minimum absolute atomic E-state index is 0.239. The van der Waals surface area contributed by atoms with Crippen molar-refractivity contribution in [2.75, 3.05) is 11.9 Å². The molecule has 7 heteroatoms. The SMILES string of the molecule is CCNC(=O)Nc1nccnc1OCc1ccccc1Cl. The van der Waals surface area contributed by atoms with Gasteiger partial charge in [0.25, 0.3) is 5.88 Å². The monoisotopic (exact) mass is 306 g/mol. The Balaban J connectivity index is 2.06. The topological polar surface area (TPSA) is 76.1 Å². The molecule has 1 heterocycles. The highest BCUT2D eigenvalue weighted by Gasteiger charge is 2.10. The van der Waals surface area contributed by atoms with Crippen molar-refractivity contribution in [1.29, 1.82) is 0 Å². The van der Waals surface area contributed by atoms with Crippen molar-refractivity contribution in [2.45, 2.75) is 13.5 Å². The second kappa shape index (κ2) is 7.44. The lowest BCUT2D eigenvalue weighted by Gasteiger charge is -2.11. The maximum atomic E-state index is 11.5. The van der Waals surface area contributed by atoms with E-state index in [1.807, 2.05) is 25.1 Å². The molecule has 0 unspecified atom stereocenters. The van der Waals surface area contributed by atoms with Gasteiger partial charge < -0.3 is 10.1 Å². The molecule has 0 bridgehead atoms. The lowest BCUT2D eigenvalue weighted by Crippen LogP contribution is -2.28. The summed E-state index contributed by atoms with van der Waals surface area (Å²) in [5.74, 6) is 0.499. The molecule has 110 valence electrons. The second-order valence-corrected chi connectivity index (χ2v) is 4.48. The molecule has 0 saturated carbocycles. The smallest absolute Gasteiger partial charge is 0.320 e. The van der Waals surface area contributed by atoms with Crippen molar-refractivity contribution in [1.82, 2.24) is 15.3 Å². The molecule has 1 aromatic carbocycles. The first kappa shape index (κ1) is 15.1. The second-order valence-electron chi connectivity index (χ2n) is 4.07. The summed E-state index contributed by atoms with van der Waals surface area (Å²) < 4.78 is 5.58. The van der Waals surface area contributed by atoms with E-state index in [1.54, 1.807) is 6.07 Å². The molecule has 0 spiro atoms. The van der Waals surface area contributed by atoms with Gasteiger partial charge in [0.05, 0.1) is 0 Å². The number of hydrogen-bond donors (Lipinski definition) is 2. The number of anilines is 1. The van der Waals surface area contributed by atoms with E-state index in [0.29, 0.717) is 11.6 Å². The molecule has 0 radical (unpaired) electrons. The Hall–Kier alpha value is -2.34. The first-order chi connectivity index (χ1) is 10.2. The van der Waals surface area contributed by atoms with E-state index in [4.69, 9.17) is 16.3 Å². The Labute approximate surface area is 127 Å². The van der Waals surface area contributed by atoms with Gasteiger partial charge in [0.2, 0.25) is 0 Å². The predicted molar refractivity (Wildman–Crippen MR) is 80.5 cm³/mol. The average Bonchev–Trinajstić information content (AvgIpc) is 2.48. The number of amides is 2. The van der Waals surface area contributed by atoms with Gasteiger partial charge in [-0.1, -0.05) is 29.8 Å². The number of urea groups is 1. The van der Waals surface area contributed by atoms with Crippen LogP contribution in [0, 0.1) is 0 Å². The molecule has 0 aliphatic carbocycles. The maximum absolute atomic E-state index is 11.5. The first-order valence-corrected chi connectivity index (χ1v) is 6.80. The molecule has 0 aliphatic heterocycles. The molecule has 2 N–H and O–H groups in total. The molecule has 2 amide bonds. The van der Waals surface area contributed by atoms with Crippen LogP contribution >= 0.6 is 11.6 Å². The fraction of sp³-hybridized carbons (Fsp3) is 0.214. The largest absolute Gasteiger partial charge is 0.470 e. The first-order valence-electron chi connectivity index (χ1n) is 6.42. The number of nitrogens with zero attached hydrogens (tertiary/aromatic N) is 2. The zero-order valence-electron chi connectivity index (χ0n) is 11.5. The number of halogens is 1. The standard InChI is InChI=1S/C14H15ClN4O2/c1-2-16-14(20)19-12-13(18-8-7-17-12)21-9-10-5-3-4-6-11(10)15/h3-8H,2,9H2,1H3,(H2,16,17,19,20). The number of rotatable bonds is 5. The van der Waals surface area contributed by atoms with Gasteiger partial charge in [-0.15, -0.1) is 0 Å². The highest BCUT2D eigenvalue weighted by molar-refractivity contribution is 6.31. The van der Waals surface area contributed by atoms with Crippen LogP contribution in [-0.4, -0.2) is 22.5 Å². The van der Waals surface area contributed by atoms with Crippen molar-refractivity contribution in [3.05, 3.63) is 47.2 Å². The number of hydrogen-bond acceptors (Lipinski definition) is 4. The van der Waals surface area contributed by atoms with Gasteiger partial charge in [0, 0.05) is 29.5 Å². The van der Waals surface area contributed by atoms with E-state index in [-0.39, 0.29) is 24.3 Å². The van der Waals surface area contributed by atoms with Crippen LogP contribution in [0.5, 0.6) is 5.88 Å². The number of benzene rings is 1. The molecular formula is C14H15ClN4O2. The molecule has 2 rings (SSSR count). The number of aromatic nitrogens is 2. The third-order valence-corrected chi connectivity index (χ3v) is 2.92. The summed E-state index contributed by atoms with van der Waals surface area (Å²) in [6.07, 6.45) is 2.97. The van der Waals surface area contributed by atoms with Crippen LogP contribution in [0.15, 0.2) is 36.7 Å².